The Balaban J connectivity index is 1.53. The number of carbonyl (C=O) groups is 1. The minimum Gasteiger partial charge on any atom is -0.480 e. The number of nitrogens with one attached hydrogen (secondary N) is 1. The molecule has 4 heteroatoms. The molecule has 2 atom stereocenters. The average molecular weight is 289 g/mol. The molecule has 1 heterocycles. The summed E-state index contributed by atoms with van der Waals surface area (Å²) in [5.41, 5.74) is 1.08. The van der Waals surface area contributed by atoms with Crippen LogP contribution in [-0.2, 0) is 11.2 Å². The van der Waals surface area contributed by atoms with Gasteiger partial charge >= 0.3 is 0 Å². The fourth-order valence-corrected chi connectivity index (χ4v) is 3.45. The van der Waals surface area contributed by atoms with E-state index in [0.717, 1.165) is 17.7 Å². The van der Waals surface area contributed by atoms with Crippen molar-refractivity contribution in [3.05, 3.63) is 29.8 Å². The molecule has 1 aliphatic carbocycles. The van der Waals surface area contributed by atoms with Crippen LogP contribution in [0.15, 0.2) is 24.3 Å². The number of fused-ring (bicyclic) bond motifs is 1. The number of ether oxygens (including phenoxy) is 1. The highest BCUT2D eigenvalue weighted by molar-refractivity contribution is 5.82. The number of benzene rings is 1. The van der Waals surface area contributed by atoms with Gasteiger partial charge in [0.1, 0.15) is 5.75 Å². The van der Waals surface area contributed by atoms with Gasteiger partial charge < -0.3 is 15.2 Å². The van der Waals surface area contributed by atoms with Gasteiger partial charge in [0.25, 0.3) is 5.91 Å². The quantitative estimate of drug-likeness (QED) is 0.872. The van der Waals surface area contributed by atoms with Gasteiger partial charge in [-0.25, -0.2) is 0 Å². The largest absolute Gasteiger partial charge is 0.480 e. The number of hydrogen-bond acceptors (Lipinski definition) is 3. The highest BCUT2D eigenvalue weighted by Gasteiger charge is 2.30. The maximum absolute atomic E-state index is 12.3. The molecule has 0 unspecified atom stereocenters. The van der Waals surface area contributed by atoms with Gasteiger partial charge in [0, 0.05) is 6.42 Å². The molecule has 3 rings (SSSR count). The summed E-state index contributed by atoms with van der Waals surface area (Å²) in [5.74, 6) is 1.33. The first kappa shape index (κ1) is 14.4. The highest BCUT2D eigenvalue weighted by Crippen LogP contribution is 2.30. The summed E-state index contributed by atoms with van der Waals surface area (Å²) in [5, 5.41) is 12.5. The molecule has 1 aliphatic heterocycles. The number of rotatable bonds is 5. The minimum absolute atomic E-state index is 0.00189. The second-order valence-electron chi connectivity index (χ2n) is 6.19. The van der Waals surface area contributed by atoms with Gasteiger partial charge in [-0.2, -0.15) is 0 Å². The topological polar surface area (TPSA) is 58.6 Å². The number of carbonyl (C=O) groups excluding carboxylic acids is 1. The SMILES string of the molecule is O=C(N[C@H](CO)CC1CCCC1)[C@H]1Cc2ccccc2O1. The van der Waals surface area contributed by atoms with Gasteiger partial charge in [-0.15, -0.1) is 0 Å². The predicted octanol–water partition coefficient (Wildman–Crippen LogP) is 2.05. The van der Waals surface area contributed by atoms with Crippen LogP contribution >= 0.6 is 0 Å². The lowest BCUT2D eigenvalue weighted by molar-refractivity contribution is -0.128. The zero-order valence-electron chi connectivity index (χ0n) is 12.3. The number of hydrogen-bond donors (Lipinski definition) is 2. The average Bonchev–Trinajstić information content (AvgIpc) is 3.15. The molecule has 1 amide bonds. The van der Waals surface area contributed by atoms with E-state index in [1.165, 1.54) is 25.7 Å². The Bertz CT molecular complexity index is 472. The minimum atomic E-state index is -0.458. The Morgan fingerprint density at radius 3 is 2.81 bits per heavy atom. The molecule has 0 aromatic heterocycles. The molecule has 1 aromatic rings. The first-order chi connectivity index (χ1) is 10.3. The van der Waals surface area contributed by atoms with Crippen molar-refractivity contribution in [3.63, 3.8) is 0 Å². The van der Waals surface area contributed by atoms with E-state index in [9.17, 15) is 9.90 Å². The molecule has 0 spiro atoms. The molecule has 1 fully saturated rings. The monoisotopic (exact) mass is 289 g/mol. The molecule has 114 valence electrons. The zero-order valence-corrected chi connectivity index (χ0v) is 12.3. The molecule has 1 saturated carbocycles. The van der Waals surface area contributed by atoms with E-state index < -0.39 is 6.10 Å². The summed E-state index contributed by atoms with van der Waals surface area (Å²) in [6, 6.07) is 7.61. The lowest BCUT2D eigenvalue weighted by Crippen LogP contribution is -2.45. The van der Waals surface area contributed by atoms with Crippen LogP contribution < -0.4 is 10.1 Å². The van der Waals surface area contributed by atoms with E-state index in [-0.39, 0.29) is 18.6 Å². The first-order valence-electron chi connectivity index (χ1n) is 7.92. The van der Waals surface area contributed by atoms with Gasteiger partial charge in [0.05, 0.1) is 12.6 Å². The van der Waals surface area contributed by atoms with E-state index in [2.05, 4.69) is 5.32 Å². The third-order valence-electron chi connectivity index (χ3n) is 4.60. The van der Waals surface area contributed by atoms with E-state index in [1.807, 2.05) is 24.3 Å². The summed E-state index contributed by atoms with van der Waals surface area (Å²) in [6.45, 7) is 0.00189. The Morgan fingerprint density at radius 2 is 2.10 bits per heavy atom. The molecular weight excluding hydrogens is 266 g/mol. The number of amides is 1. The molecule has 4 nitrogen and oxygen atoms in total. The summed E-state index contributed by atoms with van der Waals surface area (Å²) in [7, 11) is 0. The first-order valence-corrected chi connectivity index (χ1v) is 7.92. The summed E-state index contributed by atoms with van der Waals surface area (Å²) >= 11 is 0. The van der Waals surface area contributed by atoms with Gasteiger partial charge in [-0.1, -0.05) is 43.9 Å². The second kappa shape index (κ2) is 6.48. The highest BCUT2D eigenvalue weighted by atomic mass is 16.5. The van der Waals surface area contributed by atoms with E-state index >= 15 is 0 Å². The van der Waals surface area contributed by atoms with Crippen molar-refractivity contribution in [1.82, 2.24) is 5.32 Å². The van der Waals surface area contributed by atoms with Crippen LogP contribution in [0.25, 0.3) is 0 Å². The fraction of sp³-hybridized carbons (Fsp3) is 0.588. The molecular formula is C17H23NO3. The van der Waals surface area contributed by atoms with Crippen molar-refractivity contribution in [2.24, 2.45) is 5.92 Å². The smallest absolute Gasteiger partial charge is 0.261 e. The predicted molar refractivity (Wildman–Crippen MR) is 80.2 cm³/mol. The zero-order chi connectivity index (χ0) is 14.7. The third kappa shape index (κ3) is 3.38. The molecule has 0 radical (unpaired) electrons. The van der Waals surface area contributed by atoms with Crippen LogP contribution in [0, 0.1) is 5.92 Å². The Morgan fingerprint density at radius 1 is 1.33 bits per heavy atom. The van der Waals surface area contributed by atoms with Crippen LogP contribution in [0.2, 0.25) is 0 Å². The maximum atomic E-state index is 12.3. The van der Waals surface area contributed by atoms with Crippen molar-refractivity contribution in [2.75, 3.05) is 6.61 Å². The van der Waals surface area contributed by atoms with Crippen LogP contribution in [-0.4, -0.2) is 29.8 Å². The van der Waals surface area contributed by atoms with E-state index in [1.54, 1.807) is 0 Å². The van der Waals surface area contributed by atoms with Crippen LogP contribution in [0.4, 0.5) is 0 Å². The number of para-hydroxylation sites is 1. The van der Waals surface area contributed by atoms with Gasteiger partial charge in [0.15, 0.2) is 6.10 Å². The molecule has 1 aromatic carbocycles. The Labute approximate surface area is 125 Å². The normalized spacial score (nSPS) is 22.6. The molecule has 0 bridgehead atoms. The van der Waals surface area contributed by atoms with Crippen molar-refractivity contribution >= 4 is 5.91 Å². The molecule has 0 saturated heterocycles. The van der Waals surface area contributed by atoms with Gasteiger partial charge in [0.2, 0.25) is 0 Å². The van der Waals surface area contributed by atoms with Crippen LogP contribution in [0.1, 0.15) is 37.7 Å². The second-order valence-corrected chi connectivity index (χ2v) is 6.19. The lowest BCUT2D eigenvalue weighted by atomic mass is 9.98. The van der Waals surface area contributed by atoms with Crippen molar-refractivity contribution < 1.29 is 14.6 Å². The summed E-state index contributed by atoms with van der Waals surface area (Å²) < 4.78 is 5.69. The maximum Gasteiger partial charge on any atom is 0.261 e. The molecule has 21 heavy (non-hydrogen) atoms. The summed E-state index contributed by atoms with van der Waals surface area (Å²) in [4.78, 5) is 12.3. The molecule has 2 aliphatic rings. The van der Waals surface area contributed by atoms with Gasteiger partial charge in [-0.05, 0) is 24.0 Å². The standard InChI is InChI=1S/C17H23NO3/c19-11-14(9-12-5-1-2-6-12)18-17(20)16-10-13-7-3-4-8-15(13)21-16/h3-4,7-8,12,14,16,19H,1-2,5-6,9-11H2,(H,18,20)/t14-,16+/m0/s1. The lowest BCUT2D eigenvalue weighted by Gasteiger charge is -2.21. The van der Waals surface area contributed by atoms with Crippen LogP contribution in [0.5, 0.6) is 5.75 Å². The van der Waals surface area contributed by atoms with Crippen LogP contribution in [0.3, 0.4) is 0 Å². The van der Waals surface area contributed by atoms with Crippen molar-refractivity contribution in [2.45, 2.75) is 50.7 Å². The number of aliphatic hydroxyl groups excluding tert-OH is 1. The van der Waals surface area contributed by atoms with E-state index in [4.69, 9.17) is 4.74 Å². The summed E-state index contributed by atoms with van der Waals surface area (Å²) in [6.07, 6.45) is 6.02. The molecule has 2 N–H and O–H groups in total. The third-order valence-corrected chi connectivity index (χ3v) is 4.60. The number of aliphatic hydroxyl groups is 1. The van der Waals surface area contributed by atoms with Crippen molar-refractivity contribution in [3.8, 4) is 5.75 Å². The van der Waals surface area contributed by atoms with E-state index in [0.29, 0.717) is 12.3 Å². The van der Waals surface area contributed by atoms with Gasteiger partial charge in [-0.3, -0.25) is 4.79 Å². The fourth-order valence-electron chi connectivity index (χ4n) is 3.45. The Kier molecular flexibility index (Phi) is 4.44. The Hall–Kier alpha value is -1.55. The van der Waals surface area contributed by atoms with Crippen molar-refractivity contribution in [1.29, 1.82) is 0 Å².